The first-order valence-electron chi connectivity index (χ1n) is 8.52. The van der Waals surface area contributed by atoms with E-state index in [1.807, 2.05) is 80.7 Å². The van der Waals surface area contributed by atoms with Crippen LogP contribution < -0.4 is 5.32 Å². The molecule has 1 aromatic heterocycles. The molecule has 1 heterocycles. The van der Waals surface area contributed by atoms with E-state index in [1.54, 1.807) is 0 Å². The average Bonchev–Trinajstić information content (AvgIpc) is 2.99. The van der Waals surface area contributed by atoms with E-state index in [0.717, 1.165) is 33.7 Å². The zero-order valence-corrected chi connectivity index (χ0v) is 14.7. The Bertz CT molecular complexity index is 1090. The van der Waals surface area contributed by atoms with Gasteiger partial charge in [0, 0.05) is 23.9 Å². The van der Waals surface area contributed by atoms with E-state index in [-0.39, 0.29) is 5.91 Å². The van der Waals surface area contributed by atoms with Gasteiger partial charge in [-0.3, -0.25) is 4.79 Å². The number of fused-ring (bicyclic) bond motifs is 1. The molecule has 128 valence electrons. The molecule has 0 saturated carbocycles. The lowest BCUT2D eigenvalue weighted by molar-refractivity contribution is 0.102. The summed E-state index contributed by atoms with van der Waals surface area (Å²) in [6.07, 6.45) is 0. The SMILES string of the molecule is Cc1cccc(C(=O)Nc2ccc(-c3nc4ccccc4n3C)cc2)c1. The number of para-hydroxylation sites is 2. The number of hydrogen-bond acceptors (Lipinski definition) is 2. The molecule has 0 spiro atoms. The monoisotopic (exact) mass is 341 g/mol. The molecular formula is C22H19N3O. The van der Waals surface area contributed by atoms with Crippen molar-refractivity contribution in [1.82, 2.24) is 9.55 Å². The number of benzene rings is 3. The number of nitrogens with one attached hydrogen (secondary N) is 1. The molecule has 0 fully saturated rings. The molecule has 0 aliphatic rings. The highest BCUT2D eigenvalue weighted by atomic mass is 16.1. The van der Waals surface area contributed by atoms with Gasteiger partial charge >= 0.3 is 0 Å². The van der Waals surface area contributed by atoms with E-state index in [2.05, 4.69) is 16.0 Å². The maximum Gasteiger partial charge on any atom is 0.255 e. The third-order valence-corrected chi connectivity index (χ3v) is 4.47. The topological polar surface area (TPSA) is 46.9 Å². The maximum absolute atomic E-state index is 12.4. The molecule has 0 saturated heterocycles. The van der Waals surface area contributed by atoms with Crippen molar-refractivity contribution in [3.63, 3.8) is 0 Å². The minimum absolute atomic E-state index is 0.107. The van der Waals surface area contributed by atoms with Crippen LogP contribution in [0.1, 0.15) is 15.9 Å². The number of nitrogens with zero attached hydrogens (tertiary/aromatic N) is 2. The van der Waals surface area contributed by atoms with Crippen LogP contribution >= 0.6 is 0 Å². The number of aromatic nitrogens is 2. The fourth-order valence-corrected chi connectivity index (χ4v) is 3.10. The number of hydrogen-bond donors (Lipinski definition) is 1. The normalized spacial score (nSPS) is 10.8. The van der Waals surface area contributed by atoms with Crippen molar-refractivity contribution in [2.75, 3.05) is 5.32 Å². The van der Waals surface area contributed by atoms with Gasteiger partial charge in [-0.05, 0) is 55.5 Å². The summed E-state index contributed by atoms with van der Waals surface area (Å²) in [4.78, 5) is 17.1. The summed E-state index contributed by atoms with van der Waals surface area (Å²) < 4.78 is 2.08. The summed E-state index contributed by atoms with van der Waals surface area (Å²) in [5.74, 6) is 0.798. The average molecular weight is 341 g/mol. The number of rotatable bonds is 3. The number of aryl methyl sites for hydroxylation is 2. The largest absolute Gasteiger partial charge is 0.327 e. The van der Waals surface area contributed by atoms with Crippen LogP contribution in [0.25, 0.3) is 22.4 Å². The molecule has 26 heavy (non-hydrogen) atoms. The minimum atomic E-state index is -0.107. The summed E-state index contributed by atoms with van der Waals surface area (Å²) in [6.45, 7) is 1.97. The fraction of sp³-hybridized carbons (Fsp3) is 0.0909. The molecule has 0 aliphatic heterocycles. The highest BCUT2D eigenvalue weighted by molar-refractivity contribution is 6.04. The third kappa shape index (κ3) is 2.97. The standard InChI is InChI=1S/C22H19N3O/c1-15-6-5-7-17(14-15)22(26)23-18-12-10-16(11-13-18)21-24-19-8-3-4-9-20(19)25(21)2/h3-14H,1-2H3,(H,23,26). The minimum Gasteiger partial charge on any atom is -0.327 e. The first-order valence-corrected chi connectivity index (χ1v) is 8.52. The van der Waals surface area contributed by atoms with Crippen LogP contribution in [0.3, 0.4) is 0 Å². The number of carbonyl (C=O) groups is 1. The summed E-state index contributed by atoms with van der Waals surface area (Å²) >= 11 is 0. The van der Waals surface area contributed by atoms with Gasteiger partial charge in [0.25, 0.3) is 5.91 Å². The molecule has 4 nitrogen and oxygen atoms in total. The number of anilines is 1. The van der Waals surface area contributed by atoms with Gasteiger partial charge in [0.2, 0.25) is 0 Å². The summed E-state index contributed by atoms with van der Waals surface area (Å²) in [7, 11) is 2.01. The fourth-order valence-electron chi connectivity index (χ4n) is 3.10. The lowest BCUT2D eigenvalue weighted by Crippen LogP contribution is -2.11. The van der Waals surface area contributed by atoms with Gasteiger partial charge in [-0.25, -0.2) is 4.98 Å². The smallest absolute Gasteiger partial charge is 0.255 e. The maximum atomic E-state index is 12.4. The van der Waals surface area contributed by atoms with Crippen molar-refractivity contribution in [3.8, 4) is 11.4 Å². The number of imidazole rings is 1. The molecule has 4 heteroatoms. The molecule has 3 aromatic carbocycles. The van der Waals surface area contributed by atoms with E-state index in [1.165, 1.54) is 0 Å². The predicted molar refractivity (Wildman–Crippen MR) is 105 cm³/mol. The second kappa shape index (κ2) is 6.48. The van der Waals surface area contributed by atoms with Gasteiger partial charge in [0.1, 0.15) is 5.82 Å². The van der Waals surface area contributed by atoms with Crippen LogP contribution in [0.2, 0.25) is 0 Å². The Kier molecular flexibility index (Phi) is 4.01. The van der Waals surface area contributed by atoms with E-state index in [9.17, 15) is 4.79 Å². The molecule has 1 N–H and O–H groups in total. The number of carbonyl (C=O) groups excluding carboxylic acids is 1. The Labute approximate surface area is 152 Å². The quantitative estimate of drug-likeness (QED) is 0.582. The van der Waals surface area contributed by atoms with Crippen LogP contribution in [0, 0.1) is 6.92 Å². The Morgan fingerprint density at radius 1 is 0.962 bits per heavy atom. The molecule has 0 unspecified atom stereocenters. The Balaban J connectivity index is 1.58. The van der Waals surface area contributed by atoms with Gasteiger partial charge in [-0.2, -0.15) is 0 Å². The van der Waals surface area contributed by atoms with E-state index in [0.29, 0.717) is 5.56 Å². The summed E-state index contributed by atoms with van der Waals surface area (Å²) in [6, 6.07) is 23.4. The lowest BCUT2D eigenvalue weighted by atomic mass is 10.1. The zero-order valence-electron chi connectivity index (χ0n) is 14.7. The molecule has 4 aromatic rings. The van der Waals surface area contributed by atoms with Crippen LogP contribution in [-0.4, -0.2) is 15.5 Å². The third-order valence-electron chi connectivity index (χ3n) is 4.47. The van der Waals surface area contributed by atoms with Crippen LogP contribution in [-0.2, 0) is 7.05 Å². The zero-order chi connectivity index (χ0) is 18.1. The van der Waals surface area contributed by atoms with Crippen molar-refractivity contribution in [2.24, 2.45) is 7.05 Å². The van der Waals surface area contributed by atoms with Gasteiger partial charge in [0.15, 0.2) is 0 Å². The Morgan fingerprint density at radius 3 is 2.46 bits per heavy atom. The van der Waals surface area contributed by atoms with Gasteiger partial charge in [0.05, 0.1) is 11.0 Å². The van der Waals surface area contributed by atoms with Crippen LogP contribution in [0.5, 0.6) is 0 Å². The van der Waals surface area contributed by atoms with Gasteiger partial charge < -0.3 is 9.88 Å². The van der Waals surface area contributed by atoms with Crippen molar-refractivity contribution in [2.45, 2.75) is 6.92 Å². The first kappa shape index (κ1) is 16.1. The molecule has 0 atom stereocenters. The molecule has 0 radical (unpaired) electrons. The Morgan fingerprint density at radius 2 is 1.73 bits per heavy atom. The molecule has 0 bridgehead atoms. The predicted octanol–water partition coefficient (Wildman–Crippen LogP) is 4.80. The molecule has 4 rings (SSSR count). The van der Waals surface area contributed by atoms with E-state index in [4.69, 9.17) is 4.98 Å². The second-order valence-electron chi connectivity index (χ2n) is 6.38. The summed E-state index contributed by atoms with van der Waals surface area (Å²) in [5, 5.41) is 2.94. The first-order chi connectivity index (χ1) is 12.6. The Hall–Kier alpha value is -3.40. The van der Waals surface area contributed by atoms with Crippen LogP contribution in [0.15, 0.2) is 72.8 Å². The second-order valence-corrected chi connectivity index (χ2v) is 6.38. The molecule has 0 aliphatic carbocycles. The lowest BCUT2D eigenvalue weighted by Gasteiger charge is -2.07. The van der Waals surface area contributed by atoms with Crippen LogP contribution in [0.4, 0.5) is 5.69 Å². The van der Waals surface area contributed by atoms with E-state index >= 15 is 0 Å². The molecular weight excluding hydrogens is 322 g/mol. The van der Waals surface area contributed by atoms with Crippen molar-refractivity contribution >= 4 is 22.6 Å². The van der Waals surface area contributed by atoms with Gasteiger partial charge in [-0.1, -0.05) is 29.8 Å². The highest BCUT2D eigenvalue weighted by Crippen LogP contribution is 2.24. The number of amides is 1. The molecule has 1 amide bonds. The highest BCUT2D eigenvalue weighted by Gasteiger charge is 2.10. The summed E-state index contributed by atoms with van der Waals surface area (Å²) in [5.41, 5.74) is 5.57. The van der Waals surface area contributed by atoms with E-state index < -0.39 is 0 Å². The van der Waals surface area contributed by atoms with Crippen molar-refractivity contribution in [1.29, 1.82) is 0 Å². The van der Waals surface area contributed by atoms with Gasteiger partial charge in [-0.15, -0.1) is 0 Å². The van der Waals surface area contributed by atoms with Crippen molar-refractivity contribution in [3.05, 3.63) is 83.9 Å². The van der Waals surface area contributed by atoms with Crippen molar-refractivity contribution < 1.29 is 4.79 Å².